The van der Waals surface area contributed by atoms with Crippen LogP contribution in [-0.4, -0.2) is 49.4 Å². The van der Waals surface area contributed by atoms with E-state index in [4.69, 9.17) is 4.74 Å². The molecule has 168 valence electrons. The number of nitrogens with one attached hydrogen (secondary N) is 2. The van der Waals surface area contributed by atoms with Gasteiger partial charge in [0.15, 0.2) is 6.30 Å². The SMILES string of the molecule is CC1C=C(C(=O)NCC(=O)N2CN(c3ccc(OCc4ccccc4)cc3)C2)CNC1F. The maximum absolute atomic E-state index is 13.4. The predicted molar refractivity (Wildman–Crippen MR) is 119 cm³/mol. The highest BCUT2D eigenvalue weighted by Crippen LogP contribution is 2.24. The van der Waals surface area contributed by atoms with Crippen molar-refractivity contribution >= 4 is 17.5 Å². The summed E-state index contributed by atoms with van der Waals surface area (Å²) < 4.78 is 19.2. The zero-order valence-electron chi connectivity index (χ0n) is 18.0. The number of carbonyl (C=O) groups is 2. The molecule has 0 radical (unpaired) electrons. The molecular weight excluding hydrogens is 411 g/mol. The molecule has 2 aliphatic rings. The maximum Gasteiger partial charge on any atom is 0.248 e. The van der Waals surface area contributed by atoms with E-state index in [9.17, 15) is 14.0 Å². The van der Waals surface area contributed by atoms with Crippen LogP contribution < -0.4 is 20.3 Å². The molecule has 0 spiro atoms. The van der Waals surface area contributed by atoms with Gasteiger partial charge >= 0.3 is 0 Å². The summed E-state index contributed by atoms with van der Waals surface area (Å²) in [4.78, 5) is 28.3. The fraction of sp³-hybridized carbons (Fsp3) is 0.333. The number of rotatable bonds is 7. The summed E-state index contributed by atoms with van der Waals surface area (Å²) in [5.41, 5.74) is 2.56. The van der Waals surface area contributed by atoms with Gasteiger partial charge in [-0.05, 0) is 29.8 Å². The summed E-state index contributed by atoms with van der Waals surface area (Å²) in [5.74, 6) is -0.0841. The Bertz CT molecular complexity index is 974. The van der Waals surface area contributed by atoms with Crippen LogP contribution in [0, 0.1) is 5.92 Å². The number of halogens is 1. The molecule has 7 nitrogen and oxygen atoms in total. The van der Waals surface area contributed by atoms with Crippen molar-refractivity contribution in [3.63, 3.8) is 0 Å². The molecule has 32 heavy (non-hydrogen) atoms. The number of hydrogen-bond acceptors (Lipinski definition) is 5. The molecule has 2 unspecified atom stereocenters. The Balaban J connectivity index is 1.19. The minimum absolute atomic E-state index is 0.0797. The summed E-state index contributed by atoms with van der Waals surface area (Å²) in [6.45, 7) is 3.22. The van der Waals surface area contributed by atoms with Crippen molar-refractivity contribution in [2.24, 2.45) is 5.92 Å². The van der Waals surface area contributed by atoms with E-state index in [1.165, 1.54) is 0 Å². The van der Waals surface area contributed by atoms with Crippen LogP contribution in [0.5, 0.6) is 5.75 Å². The summed E-state index contributed by atoms with van der Waals surface area (Å²) in [6.07, 6.45) is 0.462. The van der Waals surface area contributed by atoms with Gasteiger partial charge in [-0.25, -0.2) is 4.39 Å². The van der Waals surface area contributed by atoms with E-state index in [-0.39, 0.29) is 30.8 Å². The number of anilines is 1. The second-order valence-corrected chi connectivity index (χ2v) is 8.04. The summed E-state index contributed by atoms with van der Waals surface area (Å²) in [5, 5.41) is 5.26. The lowest BCUT2D eigenvalue weighted by atomic mass is 10.0. The average Bonchev–Trinajstić information content (AvgIpc) is 2.78. The summed E-state index contributed by atoms with van der Waals surface area (Å²) in [6, 6.07) is 17.7. The number of amides is 2. The molecule has 2 heterocycles. The Hall–Kier alpha value is -3.39. The first-order valence-electron chi connectivity index (χ1n) is 10.7. The van der Waals surface area contributed by atoms with E-state index in [1.807, 2.05) is 54.6 Å². The quantitative estimate of drug-likeness (QED) is 0.650. The Morgan fingerprint density at radius 2 is 1.84 bits per heavy atom. The molecule has 8 heteroatoms. The van der Waals surface area contributed by atoms with E-state index >= 15 is 0 Å². The highest BCUT2D eigenvalue weighted by Gasteiger charge is 2.29. The highest BCUT2D eigenvalue weighted by atomic mass is 19.1. The third-order valence-electron chi connectivity index (χ3n) is 5.59. The number of alkyl halides is 1. The van der Waals surface area contributed by atoms with E-state index in [1.54, 1.807) is 17.9 Å². The predicted octanol–water partition coefficient (Wildman–Crippen LogP) is 2.41. The van der Waals surface area contributed by atoms with Crippen LogP contribution in [0.15, 0.2) is 66.2 Å². The minimum atomic E-state index is -1.15. The molecule has 1 fully saturated rings. The van der Waals surface area contributed by atoms with Gasteiger partial charge in [-0.15, -0.1) is 0 Å². The van der Waals surface area contributed by atoms with Gasteiger partial charge in [0.05, 0.1) is 19.9 Å². The van der Waals surface area contributed by atoms with Crippen molar-refractivity contribution in [1.82, 2.24) is 15.5 Å². The van der Waals surface area contributed by atoms with Crippen LogP contribution >= 0.6 is 0 Å². The van der Waals surface area contributed by atoms with Gasteiger partial charge in [0.1, 0.15) is 12.4 Å². The molecular formula is C24H27FN4O3. The lowest BCUT2D eigenvalue weighted by Gasteiger charge is -2.44. The number of ether oxygens (including phenoxy) is 1. The summed E-state index contributed by atoms with van der Waals surface area (Å²) >= 11 is 0. The number of nitrogens with zero attached hydrogens (tertiary/aromatic N) is 2. The van der Waals surface area contributed by atoms with Crippen LogP contribution in [0.4, 0.5) is 10.1 Å². The van der Waals surface area contributed by atoms with Crippen molar-refractivity contribution in [2.45, 2.75) is 19.8 Å². The van der Waals surface area contributed by atoms with Crippen molar-refractivity contribution in [3.05, 3.63) is 71.8 Å². The standard InChI is InChI=1S/C24H27FN4O3/c1-17-11-19(12-26-23(17)25)24(31)27-13-22(30)29-15-28(16-29)20-7-9-21(10-8-20)32-14-18-5-3-2-4-6-18/h2-11,17,23,26H,12-16H2,1H3,(H,27,31). The van der Waals surface area contributed by atoms with Gasteiger partial charge < -0.3 is 19.9 Å². The zero-order valence-corrected chi connectivity index (χ0v) is 18.0. The smallest absolute Gasteiger partial charge is 0.248 e. The van der Waals surface area contributed by atoms with Crippen LogP contribution in [0.1, 0.15) is 12.5 Å². The first kappa shape index (κ1) is 21.8. The summed E-state index contributed by atoms with van der Waals surface area (Å²) in [7, 11) is 0. The first-order chi connectivity index (χ1) is 15.5. The molecule has 4 rings (SSSR count). The van der Waals surface area contributed by atoms with Crippen LogP contribution in [-0.2, 0) is 16.2 Å². The molecule has 2 aliphatic heterocycles. The van der Waals surface area contributed by atoms with Gasteiger partial charge in [-0.2, -0.15) is 0 Å². The van der Waals surface area contributed by atoms with Gasteiger partial charge in [0, 0.05) is 23.7 Å². The van der Waals surface area contributed by atoms with Gasteiger partial charge in [-0.3, -0.25) is 14.9 Å². The van der Waals surface area contributed by atoms with E-state index in [0.29, 0.717) is 25.5 Å². The van der Waals surface area contributed by atoms with Gasteiger partial charge in [-0.1, -0.05) is 43.3 Å². The number of benzene rings is 2. The highest BCUT2D eigenvalue weighted by molar-refractivity contribution is 5.96. The molecule has 0 aliphatic carbocycles. The second kappa shape index (κ2) is 9.82. The fourth-order valence-electron chi connectivity index (χ4n) is 3.58. The van der Waals surface area contributed by atoms with Crippen molar-refractivity contribution in [2.75, 3.05) is 31.3 Å². The molecule has 0 saturated carbocycles. The third kappa shape index (κ3) is 5.26. The third-order valence-corrected chi connectivity index (χ3v) is 5.59. The Morgan fingerprint density at radius 1 is 1.12 bits per heavy atom. The van der Waals surface area contributed by atoms with Crippen molar-refractivity contribution in [3.8, 4) is 5.75 Å². The second-order valence-electron chi connectivity index (χ2n) is 8.04. The van der Waals surface area contributed by atoms with Gasteiger partial charge in [0.2, 0.25) is 11.8 Å². The zero-order chi connectivity index (χ0) is 22.5. The molecule has 2 aromatic carbocycles. The molecule has 2 N–H and O–H groups in total. The van der Waals surface area contributed by atoms with E-state index in [2.05, 4.69) is 15.5 Å². The van der Waals surface area contributed by atoms with E-state index < -0.39 is 6.30 Å². The Labute approximate surface area is 186 Å². The molecule has 2 amide bonds. The fourth-order valence-corrected chi connectivity index (χ4v) is 3.58. The lowest BCUT2D eigenvalue weighted by molar-refractivity contribution is -0.135. The van der Waals surface area contributed by atoms with Crippen molar-refractivity contribution < 1.29 is 18.7 Å². The number of carbonyl (C=O) groups excluding carboxylic acids is 2. The topological polar surface area (TPSA) is 73.9 Å². The van der Waals surface area contributed by atoms with Crippen LogP contribution in [0.25, 0.3) is 0 Å². The monoisotopic (exact) mass is 438 g/mol. The normalized spacial score (nSPS) is 20.2. The molecule has 0 aromatic heterocycles. The molecule has 2 atom stereocenters. The average molecular weight is 439 g/mol. The largest absolute Gasteiger partial charge is 0.489 e. The maximum atomic E-state index is 13.4. The van der Waals surface area contributed by atoms with Crippen molar-refractivity contribution in [1.29, 1.82) is 0 Å². The molecule has 2 aromatic rings. The number of hydrogen-bond donors (Lipinski definition) is 2. The minimum Gasteiger partial charge on any atom is -0.489 e. The van der Waals surface area contributed by atoms with E-state index in [0.717, 1.165) is 17.0 Å². The van der Waals surface area contributed by atoms with Gasteiger partial charge in [0.25, 0.3) is 0 Å². The Morgan fingerprint density at radius 3 is 2.53 bits per heavy atom. The first-order valence-corrected chi connectivity index (χ1v) is 10.7. The Kier molecular flexibility index (Phi) is 6.70. The molecule has 0 bridgehead atoms. The van der Waals surface area contributed by atoms with Crippen LogP contribution in [0.3, 0.4) is 0 Å². The molecule has 1 saturated heterocycles. The lowest BCUT2D eigenvalue weighted by Crippen LogP contribution is -2.59. The van der Waals surface area contributed by atoms with Crippen LogP contribution in [0.2, 0.25) is 0 Å².